The molecule has 1 atom stereocenters. The predicted molar refractivity (Wildman–Crippen MR) is 53.4 cm³/mol. The zero-order chi connectivity index (χ0) is 10.7. The van der Waals surface area contributed by atoms with Crippen LogP contribution < -0.4 is 10.1 Å². The van der Waals surface area contributed by atoms with Crippen molar-refractivity contribution in [3.63, 3.8) is 0 Å². The highest BCUT2D eigenvalue weighted by atomic mass is 19.3. The van der Waals surface area contributed by atoms with Crippen LogP contribution in [0.2, 0.25) is 0 Å². The summed E-state index contributed by atoms with van der Waals surface area (Å²) >= 11 is 0. The molecule has 1 heterocycles. The Hall–Kier alpha value is -1.16. The predicted octanol–water partition coefficient (Wildman–Crippen LogP) is 1.84. The molecule has 1 aromatic rings. The van der Waals surface area contributed by atoms with Crippen LogP contribution >= 0.6 is 0 Å². The van der Waals surface area contributed by atoms with E-state index in [-0.39, 0.29) is 12.6 Å². The summed E-state index contributed by atoms with van der Waals surface area (Å²) in [5, 5.41) is 2.69. The molecule has 2 nitrogen and oxygen atoms in total. The zero-order valence-electron chi connectivity index (χ0n) is 8.25. The van der Waals surface area contributed by atoms with E-state index in [4.69, 9.17) is 4.74 Å². The van der Waals surface area contributed by atoms with Crippen LogP contribution in [0.25, 0.3) is 0 Å². The van der Waals surface area contributed by atoms with E-state index >= 15 is 0 Å². The first kappa shape index (κ1) is 10.4. The number of rotatable bonds is 4. The standard InChI is InChI=1S/C11H13F2NO/c12-11(13)7-14-6-9-5-8-3-1-2-4-10(8)15-9/h1-4,9,11,14H,5-7H2. The number of nitrogens with one attached hydrogen (secondary N) is 1. The quantitative estimate of drug-likeness (QED) is 0.824. The van der Waals surface area contributed by atoms with Crippen molar-refractivity contribution < 1.29 is 13.5 Å². The van der Waals surface area contributed by atoms with Gasteiger partial charge in [-0.2, -0.15) is 0 Å². The van der Waals surface area contributed by atoms with Gasteiger partial charge in [0.05, 0.1) is 6.54 Å². The molecule has 1 aliphatic heterocycles. The first-order chi connectivity index (χ1) is 7.25. The van der Waals surface area contributed by atoms with E-state index in [2.05, 4.69) is 5.32 Å². The smallest absolute Gasteiger partial charge is 0.250 e. The fourth-order valence-electron chi connectivity index (χ4n) is 1.72. The molecule has 82 valence electrons. The first-order valence-electron chi connectivity index (χ1n) is 4.99. The van der Waals surface area contributed by atoms with Gasteiger partial charge in [0.15, 0.2) is 0 Å². The first-order valence-corrected chi connectivity index (χ1v) is 4.99. The molecule has 2 rings (SSSR count). The Balaban J connectivity index is 1.80. The number of para-hydroxylation sites is 1. The molecule has 0 bridgehead atoms. The molecular formula is C11H13F2NO. The Kier molecular flexibility index (Phi) is 3.16. The van der Waals surface area contributed by atoms with Gasteiger partial charge in [-0.15, -0.1) is 0 Å². The Morgan fingerprint density at radius 2 is 2.20 bits per heavy atom. The van der Waals surface area contributed by atoms with E-state index in [1.807, 2.05) is 24.3 Å². The summed E-state index contributed by atoms with van der Waals surface area (Å²) < 4.78 is 29.3. The minimum absolute atomic E-state index is 0.0128. The van der Waals surface area contributed by atoms with Crippen LogP contribution in [0, 0.1) is 0 Å². The molecule has 1 N–H and O–H groups in total. The molecule has 0 aliphatic carbocycles. The van der Waals surface area contributed by atoms with Crippen molar-refractivity contribution in [2.75, 3.05) is 13.1 Å². The zero-order valence-corrected chi connectivity index (χ0v) is 8.25. The Bertz CT molecular complexity index is 305. The van der Waals surface area contributed by atoms with E-state index in [1.165, 1.54) is 0 Å². The molecule has 15 heavy (non-hydrogen) atoms. The molecular weight excluding hydrogens is 200 g/mol. The molecule has 1 aliphatic rings. The SMILES string of the molecule is FC(F)CNCC1Cc2ccccc2O1. The van der Waals surface area contributed by atoms with Gasteiger partial charge >= 0.3 is 0 Å². The van der Waals surface area contributed by atoms with Gasteiger partial charge in [-0.1, -0.05) is 18.2 Å². The van der Waals surface area contributed by atoms with E-state index in [9.17, 15) is 8.78 Å². The third kappa shape index (κ3) is 2.65. The number of hydrogen-bond donors (Lipinski definition) is 1. The van der Waals surface area contributed by atoms with Gasteiger partial charge in [0.2, 0.25) is 0 Å². The average Bonchev–Trinajstić information content (AvgIpc) is 2.59. The highest BCUT2D eigenvalue weighted by Crippen LogP contribution is 2.27. The lowest BCUT2D eigenvalue weighted by atomic mass is 10.1. The van der Waals surface area contributed by atoms with Crippen LogP contribution in [-0.4, -0.2) is 25.6 Å². The molecule has 0 saturated heterocycles. The lowest BCUT2D eigenvalue weighted by Crippen LogP contribution is -2.32. The fourth-order valence-corrected chi connectivity index (χ4v) is 1.72. The van der Waals surface area contributed by atoms with Gasteiger partial charge in [0, 0.05) is 13.0 Å². The maximum absolute atomic E-state index is 11.9. The number of alkyl halides is 2. The minimum atomic E-state index is -2.30. The molecule has 1 unspecified atom stereocenters. The van der Waals surface area contributed by atoms with Crippen LogP contribution in [-0.2, 0) is 6.42 Å². The monoisotopic (exact) mass is 213 g/mol. The Labute approximate surface area is 87.2 Å². The fraction of sp³-hybridized carbons (Fsp3) is 0.455. The van der Waals surface area contributed by atoms with Crippen molar-refractivity contribution in [1.29, 1.82) is 0 Å². The summed E-state index contributed by atoms with van der Waals surface area (Å²) in [5.41, 5.74) is 1.15. The number of benzene rings is 1. The van der Waals surface area contributed by atoms with Crippen LogP contribution in [0.4, 0.5) is 8.78 Å². The molecule has 0 saturated carbocycles. The van der Waals surface area contributed by atoms with Crippen LogP contribution in [0.1, 0.15) is 5.56 Å². The highest BCUT2D eigenvalue weighted by Gasteiger charge is 2.21. The maximum Gasteiger partial charge on any atom is 0.250 e. The topological polar surface area (TPSA) is 21.3 Å². The van der Waals surface area contributed by atoms with Gasteiger partial charge in [-0.25, -0.2) is 8.78 Å². The highest BCUT2D eigenvalue weighted by molar-refractivity contribution is 5.37. The van der Waals surface area contributed by atoms with Crippen molar-refractivity contribution in [3.8, 4) is 5.75 Å². The van der Waals surface area contributed by atoms with Gasteiger partial charge in [0.1, 0.15) is 11.9 Å². The second-order valence-corrected chi connectivity index (χ2v) is 3.60. The molecule has 0 amide bonds. The molecule has 0 fully saturated rings. The summed E-state index contributed by atoms with van der Waals surface area (Å²) in [7, 11) is 0. The molecule has 0 spiro atoms. The van der Waals surface area contributed by atoms with Crippen molar-refractivity contribution in [2.24, 2.45) is 0 Å². The van der Waals surface area contributed by atoms with E-state index in [0.29, 0.717) is 6.54 Å². The number of ether oxygens (including phenoxy) is 1. The number of halogens is 2. The third-order valence-electron chi connectivity index (χ3n) is 2.38. The average molecular weight is 213 g/mol. The maximum atomic E-state index is 11.9. The Morgan fingerprint density at radius 3 is 2.93 bits per heavy atom. The van der Waals surface area contributed by atoms with Crippen LogP contribution in [0.3, 0.4) is 0 Å². The largest absolute Gasteiger partial charge is 0.488 e. The van der Waals surface area contributed by atoms with Gasteiger partial charge < -0.3 is 10.1 Å². The van der Waals surface area contributed by atoms with E-state index in [0.717, 1.165) is 17.7 Å². The molecule has 0 aromatic heterocycles. The lowest BCUT2D eigenvalue weighted by Gasteiger charge is -2.11. The summed E-state index contributed by atoms with van der Waals surface area (Å²) in [5.74, 6) is 0.876. The van der Waals surface area contributed by atoms with Crippen molar-refractivity contribution in [1.82, 2.24) is 5.32 Å². The summed E-state index contributed by atoms with van der Waals surface area (Å²) in [6.45, 7) is 0.204. The van der Waals surface area contributed by atoms with Crippen LogP contribution in [0.15, 0.2) is 24.3 Å². The summed E-state index contributed by atoms with van der Waals surface area (Å²) in [4.78, 5) is 0. The second-order valence-electron chi connectivity index (χ2n) is 3.60. The normalized spacial score (nSPS) is 19.0. The van der Waals surface area contributed by atoms with Gasteiger partial charge in [0.25, 0.3) is 6.43 Å². The van der Waals surface area contributed by atoms with Crippen molar-refractivity contribution in [2.45, 2.75) is 19.0 Å². The summed E-state index contributed by atoms with van der Waals surface area (Å²) in [6, 6.07) is 7.77. The molecule has 0 radical (unpaired) electrons. The molecule has 1 aromatic carbocycles. The summed E-state index contributed by atoms with van der Waals surface area (Å²) in [6.07, 6.45) is -1.51. The number of hydrogen-bond acceptors (Lipinski definition) is 2. The van der Waals surface area contributed by atoms with E-state index < -0.39 is 6.43 Å². The number of fused-ring (bicyclic) bond motifs is 1. The van der Waals surface area contributed by atoms with Crippen molar-refractivity contribution in [3.05, 3.63) is 29.8 Å². The third-order valence-corrected chi connectivity index (χ3v) is 2.38. The minimum Gasteiger partial charge on any atom is -0.488 e. The van der Waals surface area contributed by atoms with Gasteiger partial charge in [-0.05, 0) is 11.6 Å². The lowest BCUT2D eigenvalue weighted by molar-refractivity contribution is 0.138. The van der Waals surface area contributed by atoms with E-state index in [1.54, 1.807) is 0 Å². The Morgan fingerprint density at radius 1 is 1.40 bits per heavy atom. The van der Waals surface area contributed by atoms with Crippen LogP contribution in [0.5, 0.6) is 5.75 Å². The van der Waals surface area contributed by atoms with Crippen molar-refractivity contribution >= 4 is 0 Å². The second kappa shape index (κ2) is 4.57. The van der Waals surface area contributed by atoms with Gasteiger partial charge in [-0.3, -0.25) is 0 Å². The molecule has 4 heteroatoms.